The molecule has 1 atom stereocenters. The number of likely N-dealkylation sites (N-methyl/N-ethyl adjacent to an activating group) is 1. The molecule has 1 fully saturated rings. The van der Waals surface area contributed by atoms with Crippen molar-refractivity contribution in [3.8, 4) is 0 Å². The van der Waals surface area contributed by atoms with Crippen LogP contribution >= 0.6 is 0 Å². The molecule has 1 aliphatic rings. The summed E-state index contributed by atoms with van der Waals surface area (Å²) in [6.45, 7) is 10.9. The Kier molecular flexibility index (Phi) is 4.95. The van der Waals surface area contributed by atoms with E-state index < -0.39 is 6.10 Å². The number of carbonyl (C=O) groups is 1. The molecule has 1 saturated carbocycles. The molecule has 2 N–H and O–H groups in total. The van der Waals surface area contributed by atoms with Crippen LogP contribution in [0.4, 0.5) is 0 Å². The fourth-order valence-electron chi connectivity index (χ4n) is 1.99. The van der Waals surface area contributed by atoms with Gasteiger partial charge >= 0.3 is 0 Å². The van der Waals surface area contributed by atoms with Crippen LogP contribution in [0.1, 0.15) is 40.5 Å². The molecule has 0 aromatic rings. The highest BCUT2D eigenvalue weighted by molar-refractivity contribution is 5.81. The molecule has 1 amide bonds. The van der Waals surface area contributed by atoms with Gasteiger partial charge in [0.15, 0.2) is 0 Å². The van der Waals surface area contributed by atoms with Crippen molar-refractivity contribution in [2.45, 2.75) is 52.2 Å². The van der Waals surface area contributed by atoms with Gasteiger partial charge in [0, 0.05) is 6.54 Å². The molecule has 0 unspecified atom stereocenters. The zero-order valence-electron chi connectivity index (χ0n) is 11.5. The van der Waals surface area contributed by atoms with E-state index in [1.54, 1.807) is 0 Å². The molecule has 0 aromatic carbocycles. The Balaban J connectivity index is 2.47. The third kappa shape index (κ3) is 3.96. The van der Waals surface area contributed by atoms with E-state index in [1.165, 1.54) is 0 Å². The van der Waals surface area contributed by atoms with E-state index in [-0.39, 0.29) is 17.4 Å². The molecule has 17 heavy (non-hydrogen) atoms. The van der Waals surface area contributed by atoms with Crippen molar-refractivity contribution in [3.05, 3.63) is 0 Å². The molecule has 4 heteroatoms. The van der Waals surface area contributed by atoms with Crippen LogP contribution in [0.2, 0.25) is 0 Å². The molecule has 0 saturated heterocycles. The van der Waals surface area contributed by atoms with Crippen LogP contribution in [-0.4, -0.2) is 47.2 Å². The molecule has 0 aliphatic heterocycles. The highest BCUT2D eigenvalue weighted by Gasteiger charge is 2.45. The summed E-state index contributed by atoms with van der Waals surface area (Å²) < 4.78 is 0. The van der Waals surface area contributed by atoms with Gasteiger partial charge in [0.05, 0.1) is 5.54 Å². The van der Waals surface area contributed by atoms with Gasteiger partial charge < -0.3 is 15.3 Å². The number of nitrogens with zero attached hydrogens (tertiary/aromatic N) is 1. The van der Waals surface area contributed by atoms with Gasteiger partial charge in [0.25, 0.3) is 0 Å². The van der Waals surface area contributed by atoms with Crippen LogP contribution in [0.25, 0.3) is 0 Å². The molecule has 1 rings (SSSR count). The summed E-state index contributed by atoms with van der Waals surface area (Å²) in [6.07, 6.45) is 1.17. The summed E-state index contributed by atoms with van der Waals surface area (Å²) in [7, 11) is 0. The quantitative estimate of drug-likeness (QED) is 0.700. The van der Waals surface area contributed by atoms with Crippen LogP contribution in [0, 0.1) is 5.92 Å². The maximum atomic E-state index is 11.8. The zero-order chi connectivity index (χ0) is 13.1. The number of hydrogen-bond donors (Lipinski definition) is 2. The minimum absolute atomic E-state index is 0.0285. The largest absolute Gasteiger partial charge is 0.383 e. The lowest BCUT2D eigenvalue weighted by Gasteiger charge is -2.27. The zero-order valence-corrected chi connectivity index (χ0v) is 11.5. The van der Waals surface area contributed by atoms with Gasteiger partial charge in [-0.3, -0.25) is 4.79 Å². The second kappa shape index (κ2) is 5.83. The van der Waals surface area contributed by atoms with Crippen LogP contribution in [0.15, 0.2) is 0 Å². The normalized spacial score (nSPS) is 19.5. The van der Waals surface area contributed by atoms with E-state index in [1.807, 2.05) is 13.8 Å². The predicted molar refractivity (Wildman–Crippen MR) is 68.7 cm³/mol. The van der Waals surface area contributed by atoms with Crippen molar-refractivity contribution in [1.82, 2.24) is 10.2 Å². The van der Waals surface area contributed by atoms with Crippen molar-refractivity contribution < 1.29 is 9.90 Å². The number of amides is 1. The average Bonchev–Trinajstić information content (AvgIpc) is 3.04. The van der Waals surface area contributed by atoms with E-state index >= 15 is 0 Å². The Morgan fingerprint density at radius 1 is 1.35 bits per heavy atom. The summed E-state index contributed by atoms with van der Waals surface area (Å²) in [4.78, 5) is 14.1. The SMILES string of the molecule is CCN(CC)CC1(NC(=O)[C@H](O)C(C)C)CC1. The number of carbonyl (C=O) groups excluding carboxylic acids is 1. The lowest BCUT2D eigenvalue weighted by atomic mass is 10.1. The second-order valence-electron chi connectivity index (χ2n) is 5.42. The van der Waals surface area contributed by atoms with Crippen LogP contribution in [0.3, 0.4) is 0 Å². The number of aliphatic hydroxyl groups is 1. The van der Waals surface area contributed by atoms with Gasteiger partial charge in [-0.15, -0.1) is 0 Å². The second-order valence-corrected chi connectivity index (χ2v) is 5.42. The Hall–Kier alpha value is -0.610. The Labute approximate surface area is 104 Å². The molecular weight excluding hydrogens is 216 g/mol. The fraction of sp³-hybridized carbons (Fsp3) is 0.923. The van der Waals surface area contributed by atoms with Crippen molar-refractivity contribution in [1.29, 1.82) is 0 Å². The van der Waals surface area contributed by atoms with E-state index in [2.05, 4.69) is 24.1 Å². The van der Waals surface area contributed by atoms with E-state index in [4.69, 9.17) is 0 Å². The van der Waals surface area contributed by atoms with Crippen molar-refractivity contribution >= 4 is 5.91 Å². The first-order valence-electron chi connectivity index (χ1n) is 6.66. The molecule has 0 aromatic heterocycles. The van der Waals surface area contributed by atoms with Crippen LogP contribution < -0.4 is 5.32 Å². The highest BCUT2D eigenvalue weighted by Crippen LogP contribution is 2.36. The first-order valence-corrected chi connectivity index (χ1v) is 6.66. The standard InChI is InChI=1S/C13H26N2O2/c1-5-15(6-2)9-13(7-8-13)14-12(17)11(16)10(3)4/h10-11,16H,5-9H2,1-4H3,(H,14,17)/t11-/m1/s1. The lowest BCUT2D eigenvalue weighted by Crippen LogP contribution is -2.50. The van der Waals surface area contributed by atoms with Gasteiger partial charge in [-0.2, -0.15) is 0 Å². The summed E-state index contributed by atoms with van der Waals surface area (Å²) in [5.41, 5.74) is -0.0705. The first-order chi connectivity index (χ1) is 7.94. The third-order valence-corrected chi connectivity index (χ3v) is 3.56. The minimum Gasteiger partial charge on any atom is -0.383 e. The summed E-state index contributed by atoms with van der Waals surface area (Å²) in [6, 6.07) is 0. The Bertz CT molecular complexity index is 258. The van der Waals surface area contributed by atoms with Crippen molar-refractivity contribution in [2.75, 3.05) is 19.6 Å². The van der Waals surface area contributed by atoms with E-state index in [0.717, 1.165) is 32.5 Å². The van der Waals surface area contributed by atoms with Gasteiger partial charge in [-0.1, -0.05) is 27.7 Å². The maximum Gasteiger partial charge on any atom is 0.249 e. The van der Waals surface area contributed by atoms with Gasteiger partial charge in [0.1, 0.15) is 6.10 Å². The molecule has 100 valence electrons. The van der Waals surface area contributed by atoms with Gasteiger partial charge in [0.2, 0.25) is 5.91 Å². The van der Waals surface area contributed by atoms with Crippen LogP contribution in [0.5, 0.6) is 0 Å². The highest BCUT2D eigenvalue weighted by atomic mass is 16.3. The van der Waals surface area contributed by atoms with E-state index in [0.29, 0.717) is 0 Å². The lowest BCUT2D eigenvalue weighted by molar-refractivity contribution is -0.132. The molecule has 0 heterocycles. The van der Waals surface area contributed by atoms with E-state index in [9.17, 15) is 9.90 Å². The van der Waals surface area contributed by atoms with Crippen molar-refractivity contribution in [3.63, 3.8) is 0 Å². The maximum absolute atomic E-state index is 11.8. The predicted octanol–water partition coefficient (Wildman–Crippen LogP) is 0.994. The molecule has 0 radical (unpaired) electrons. The fourth-order valence-corrected chi connectivity index (χ4v) is 1.99. The summed E-state index contributed by atoms with van der Waals surface area (Å²) >= 11 is 0. The molecular formula is C13H26N2O2. The van der Waals surface area contributed by atoms with Gasteiger partial charge in [-0.25, -0.2) is 0 Å². The van der Waals surface area contributed by atoms with Crippen molar-refractivity contribution in [2.24, 2.45) is 5.92 Å². The summed E-state index contributed by atoms with van der Waals surface area (Å²) in [5.74, 6) is -0.246. The number of rotatable bonds is 7. The molecule has 1 aliphatic carbocycles. The number of nitrogens with one attached hydrogen (secondary N) is 1. The topological polar surface area (TPSA) is 52.6 Å². The number of aliphatic hydroxyl groups excluding tert-OH is 1. The molecule has 0 bridgehead atoms. The summed E-state index contributed by atoms with van der Waals surface area (Å²) in [5, 5.41) is 12.7. The molecule has 4 nitrogen and oxygen atoms in total. The average molecular weight is 242 g/mol. The molecule has 0 spiro atoms. The number of hydrogen-bond acceptors (Lipinski definition) is 3. The smallest absolute Gasteiger partial charge is 0.249 e. The first kappa shape index (κ1) is 14.5. The third-order valence-electron chi connectivity index (χ3n) is 3.56. The van der Waals surface area contributed by atoms with Gasteiger partial charge in [-0.05, 0) is 31.8 Å². The van der Waals surface area contributed by atoms with Crippen LogP contribution in [-0.2, 0) is 4.79 Å². The minimum atomic E-state index is -0.885. The Morgan fingerprint density at radius 2 is 1.88 bits per heavy atom. The Morgan fingerprint density at radius 3 is 2.24 bits per heavy atom. The monoisotopic (exact) mass is 242 g/mol.